The van der Waals surface area contributed by atoms with E-state index in [1.807, 2.05) is 42.2 Å². The molecule has 2 heterocycles. The molecule has 132 valence electrons. The summed E-state index contributed by atoms with van der Waals surface area (Å²) >= 11 is 6.28. The van der Waals surface area contributed by atoms with Crippen LogP contribution in [0.15, 0.2) is 48.7 Å². The normalized spacial score (nSPS) is 17.4. The van der Waals surface area contributed by atoms with Gasteiger partial charge in [0, 0.05) is 32.4 Å². The third-order valence-corrected chi connectivity index (χ3v) is 5.01. The Balaban J connectivity index is 1.69. The van der Waals surface area contributed by atoms with Crippen molar-refractivity contribution >= 4 is 23.3 Å². The van der Waals surface area contributed by atoms with Crippen molar-refractivity contribution in [2.45, 2.75) is 26.3 Å². The van der Waals surface area contributed by atoms with E-state index in [-0.39, 0.29) is 11.8 Å². The summed E-state index contributed by atoms with van der Waals surface area (Å²) < 4.78 is 0. The van der Waals surface area contributed by atoms with E-state index < -0.39 is 0 Å². The summed E-state index contributed by atoms with van der Waals surface area (Å²) in [4.78, 5) is 21.5. The van der Waals surface area contributed by atoms with Gasteiger partial charge in [0.25, 0.3) is 0 Å². The summed E-state index contributed by atoms with van der Waals surface area (Å²) in [5.41, 5.74) is 1.16. The molecule has 1 amide bonds. The Kier molecular flexibility index (Phi) is 5.92. The number of hydrogen-bond acceptors (Lipinski definition) is 3. The molecule has 25 heavy (non-hydrogen) atoms. The maximum atomic E-state index is 13.0. The van der Waals surface area contributed by atoms with Gasteiger partial charge in [0.1, 0.15) is 5.82 Å². The number of aromatic nitrogens is 1. The number of carbonyl (C=O) groups excluding carboxylic acids is 1. The second-order valence-corrected chi connectivity index (χ2v) is 6.84. The average molecular weight is 358 g/mol. The highest BCUT2D eigenvalue weighted by atomic mass is 35.5. The zero-order valence-electron chi connectivity index (χ0n) is 14.6. The minimum Gasteiger partial charge on any atom is -0.355 e. The predicted molar refractivity (Wildman–Crippen MR) is 102 cm³/mol. The van der Waals surface area contributed by atoms with Crippen molar-refractivity contribution in [3.05, 3.63) is 59.2 Å². The number of piperidine rings is 1. The molecule has 0 saturated carbocycles. The number of benzene rings is 1. The zero-order valence-corrected chi connectivity index (χ0v) is 15.3. The monoisotopic (exact) mass is 357 g/mol. The second-order valence-electron chi connectivity index (χ2n) is 6.43. The minimum atomic E-state index is -0.00418. The Morgan fingerprint density at radius 1 is 1.28 bits per heavy atom. The summed E-state index contributed by atoms with van der Waals surface area (Å²) in [7, 11) is 0. The maximum absolute atomic E-state index is 13.0. The number of anilines is 1. The van der Waals surface area contributed by atoms with Crippen LogP contribution in [0.2, 0.25) is 5.02 Å². The van der Waals surface area contributed by atoms with Crippen molar-refractivity contribution in [3.63, 3.8) is 0 Å². The third-order valence-electron chi connectivity index (χ3n) is 4.72. The van der Waals surface area contributed by atoms with Gasteiger partial charge in [-0.3, -0.25) is 4.79 Å². The van der Waals surface area contributed by atoms with Crippen LogP contribution in [0.5, 0.6) is 0 Å². The fraction of sp³-hybridized carbons (Fsp3) is 0.400. The largest absolute Gasteiger partial charge is 0.355 e. The lowest BCUT2D eigenvalue weighted by Crippen LogP contribution is -2.45. The van der Waals surface area contributed by atoms with Gasteiger partial charge in [-0.2, -0.15) is 0 Å². The SMILES string of the molecule is CCN(Cc1ccccc1)C(=O)[C@@H]1CCCN(c2ncccc2Cl)C1. The first-order valence-corrected chi connectivity index (χ1v) is 9.25. The zero-order chi connectivity index (χ0) is 17.6. The van der Waals surface area contributed by atoms with E-state index in [0.29, 0.717) is 24.7 Å². The topological polar surface area (TPSA) is 36.4 Å². The first kappa shape index (κ1) is 17.7. The van der Waals surface area contributed by atoms with Crippen LogP contribution in [0.25, 0.3) is 0 Å². The summed E-state index contributed by atoms with van der Waals surface area (Å²) in [6.07, 6.45) is 3.65. The maximum Gasteiger partial charge on any atom is 0.227 e. The standard InChI is InChI=1S/C20H24ClN3O/c1-2-23(14-16-8-4-3-5-9-16)20(25)17-10-7-13-24(15-17)19-18(21)11-6-12-22-19/h3-6,8-9,11-12,17H,2,7,10,13-15H2,1H3/t17-/m1/s1. The van der Waals surface area contributed by atoms with Gasteiger partial charge in [0.2, 0.25) is 5.91 Å². The van der Waals surface area contributed by atoms with Gasteiger partial charge in [-0.05, 0) is 37.5 Å². The highest BCUT2D eigenvalue weighted by molar-refractivity contribution is 6.32. The van der Waals surface area contributed by atoms with Crippen LogP contribution >= 0.6 is 11.6 Å². The molecule has 1 aromatic carbocycles. The van der Waals surface area contributed by atoms with Crippen LogP contribution in [0.1, 0.15) is 25.3 Å². The second kappa shape index (κ2) is 8.34. The molecule has 3 rings (SSSR count). The van der Waals surface area contributed by atoms with E-state index in [0.717, 1.165) is 30.8 Å². The number of carbonyl (C=O) groups is 1. The van der Waals surface area contributed by atoms with Gasteiger partial charge in [0.15, 0.2) is 0 Å². The van der Waals surface area contributed by atoms with E-state index in [4.69, 9.17) is 11.6 Å². The fourth-order valence-corrected chi connectivity index (χ4v) is 3.63. The summed E-state index contributed by atoms with van der Waals surface area (Å²) in [5, 5.41) is 0.646. The van der Waals surface area contributed by atoms with E-state index in [1.165, 1.54) is 0 Å². The van der Waals surface area contributed by atoms with Gasteiger partial charge in [-0.15, -0.1) is 0 Å². The Bertz CT molecular complexity index is 707. The lowest BCUT2D eigenvalue weighted by Gasteiger charge is -2.35. The predicted octanol–water partition coefficient (Wildman–Crippen LogP) is 4.00. The van der Waals surface area contributed by atoms with Crippen LogP contribution in [0.3, 0.4) is 0 Å². The molecular weight excluding hydrogens is 334 g/mol. The Hall–Kier alpha value is -2.07. The highest BCUT2D eigenvalue weighted by Gasteiger charge is 2.30. The van der Waals surface area contributed by atoms with Crippen LogP contribution in [0.4, 0.5) is 5.82 Å². The quantitative estimate of drug-likeness (QED) is 0.811. The number of hydrogen-bond donors (Lipinski definition) is 0. The fourth-order valence-electron chi connectivity index (χ4n) is 3.39. The molecule has 4 nitrogen and oxygen atoms in total. The van der Waals surface area contributed by atoms with Crippen molar-refractivity contribution in [2.75, 3.05) is 24.5 Å². The van der Waals surface area contributed by atoms with Crippen LogP contribution in [-0.2, 0) is 11.3 Å². The van der Waals surface area contributed by atoms with Crippen molar-refractivity contribution < 1.29 is 4.79 Å². The number of pyridine rings is 1. The van der Waals surface area contributed by atoms with Gasteiger partial charge in [-0.25, -0.2) is 4.98 Å². The highest BCUT2D eigenvalue weighted by Crippen LogP contribution is 2.28. The van der Waals surface area contributed by atoms with Gasteiger partial charge < -0.3 is 9.80 Å². The number of halogens is 1. The van der Waals surface area contributed by atoms with E-state index in [1.54, 1.807) is 6.20 Å². The summed E-state index contributed by atoms with van der Waals surface area (Å²) in [5.74, 6) is 1.01. The molecule has 5 heteroatoms. The van der Waals surface area contributed by atoms with E-state index in [2.05, 4.69) is 22.0 Å². The molecule has 0 N–H and O–H groups in total. The Morgan fingerprint density at radius 3 is 2.80 bits per heavy atom. The van der Waals surface area contributed by atoms with E-state index in [9.17, 15) is 4.79 Å². The number of nitrogens with zero attached hydrogens (tertiary/aromatic N) is 3. The molecule has 1 aromatic heterocycles. The van der Waals surface area contributed by atoms with E-state index >= 15 is 0 Å². The molecule has 0 bridgehead atoms. The van der Waals surface area contributed by atoms with Crippen molar-refractivity contribution in [3.8, 4) is 0 Å². The first-order valence-electron chi connectivity index (χ1n) is 8.87. The average Bonchev–Trinajstić information content (AvgIpc) is 2.67. The molecule has 1 atom stereocenters. The molecule has 0 unspecified atom stereocenters. The molecule has 2 aromatic rings. The van der Waals surface area contributed by atoms with Crippen LogP contribution < -0.4 is 4.90 Å². The molecule has 0 spiro atoms. The molecule has 0 aliphatic carbocycles. The number of amides is 1. The molecule has 1 fully saturated rings. The molecule has 1 saturated heterocycles. The van der Waals surface area contributed by atoms with Gasteiger partial charge in [-0.1, -0.05) is 41.9 Å². The minimum absolute atomic E-state index is 0.00418. The third kappa shape index (κ3) is 4.31. The molecular formula is C20H24ClN3O. The van der Waals surface area contributed by atoms with Crippen LogP contribution in [-0.4, -0.2) is 35.4 Å². The molecule has 0 radical (unpaired) electrons. The smallest absolute Gasteiger partial charge is 0.227 e. The Morgan fingerprint density at radius 2 is 2.08 bits per heavy atom. The lowest BCUT2D eigenvalue weighted by atomic mass is 9.96. The number of rotatable bonds is 5. The van der Waals surface area contributed by atoms with Crippen LogP contribution in [0, 0.1) is 5.92 Å². The summed E-state index contributed by atoms with van der Waals surface area (Å²) in [6.45, 7) is 4.99. The lowest BCUT2D eigenvalue weighted by molar-refractivity contribution is -0.136. The first-order chi connectivity index (χ1) is 12.2. The van der Waals surface area contributed by atoms with Crippen molar-refractivity contribution in [1.29, 1.82) is 0 Å². The van der Waals surface area contributed by atoms with Gasteiger partial charge >= 0.3 is 0 Å². The van der Waals surface area contributed by atoms with Crippen molar-refractivity contribution in [2.24, 2.45) is 5.92 Å². The molecule has 1 aliphatic heterocycles. The van der Waals surface area contributed by atoms with Gasteiger partial charge in [0.05, 0.1) is 10.9 Å². The summed E-state index contributed by atoms with van der Waals surface area (Å²) in [6, 6.07) is 13.8. The van der Waals surface area contributed by atoms with Crippen molar-refractivity contribution in [1.82, 2.24) is 9.88 Å². The molecule has 1 aliphatic rings. The Labute approximate surface area is 154 Å².